The fourth-order valence-electron chi connectivity index (χ4n) is 2.09. The van der Waals surface area contributed by atoms with Gasteiger partial charge in [-0.15, -0.1) is 0 Å². The first kappa shape index (κ1) is 9.16. The van der Waals surface area contributed by atoms with E-state index in [-0.39, 0.29) is 0 Å². The number of pyridine rings is 2. The Balaban J connectivity index is 2.36. The maximum Gasteiger partial charge on any atom is 0.219 e. The second kappa shape index (κ2) is 3.49. The Kier molecular flexibility index (Phi) is 2.00. The quantitative estimate of drug-likeness (QED) is 0.544. The van der Waals surface area contributed by atoms with Crippen LogP contribution in [0.25, 0.3) is 16.8 Å². The third-order valence-corrected chi connectivity index (χ3v) is 2.90. The Labute approximate surface area is 94.4 Å². The second-order valence-electron chi connectivity index (χ2n) is 3.92. The van der Waals surface area contributed by atoms with E-state index < -0.39 is 0 Å². The summed E-state index contributed by atoms with van der Waals surface area (Å²) >= 11 is 0. The van der Waals surface area contributed by atoms with Gasteiger partial charge in [0.1, 0.15) is 0 Å². The molecular formula is C14H13N2+. The number of nitrogens with zero attached hydrogens (tertiary/aromatic N) is 2. The molecule has 0 N–H and O–H groups in total. The van der Waals surface area contributed by atoms with Gasteiger partial charge in [0.2, 0.25) is 5.52 Å². The first-order valence-corrected chi connectivity index (χ1v) is 5.37. The molecule has 0 aliphatic heterocycles. The van der Waals surface area contributed by atoms with Gasteiger partial charge in [0.15, 0.2) is 12.4 Å². The molecule has 16 heavy (non-hydrogen) atoms. The first-order valence-electron chi connectivity index (χ1n) is 5.37. The Hall–Kier alpha value is -2.09. The van der Waals surface area contributed by atoms with Crippen LogP contribution in [-0.4, -0.2) is 4.57 Å². The highest BCUT2D eigenvalue weighted by Crippen LogP contribution is 2.21. The highest BCUT2D eigenvalue weighted by molar-refractivity contribution is 5.75. The fraction of sp³-hybridized carbons (Fsp3) is 0.0714. The summed E-state index contributed by atoms with van der Waals surface area (Å²) in [6, 6.07) is 14.7. The average molecular weight is 209 g/mol. The topological polar surface area (TPSA) is 9.03 Å². The molecule has 0 unspecified atom stereocenters. The largest absolute Gasteiger partial charge is 0.350 e. The van der Waals surface area contributed by atoms with Gasteiger partial charge in [0.25, 0.3) is 0 Å². The smallest absolute Gasteiger partial charge is 0.219 e. The van der Waals surface area contributed by atoms with Gasteiger partial charge in [-0.1, -0.05) is 0 Å². The van der Waals surface area contributed by atoms with Crippen LogP contribution >= 0.6 is 0 Å². The van der Waals surface area contributed by atoms with Crippen LogP contribution in [0, 0.1) is 0 Å². The van der Waals surface area contributed by atoms with E-state index in [1.165, 1.54) is 16.8 Å². The lowest BCUT2D eigenvalue weighted by atomic mass is 10.1. The molecule has 0 atom stereocenters. The van der Waals surface area contributed by atoms with Crippen molar-refractivity contribution >= 4 is 5.52 Å². The van der Waals surface area contributed by atoms with Crippen molar-refractivity contribution in [2.24, 2.45) is 7.05 Å². The van der Waals surface area contributed by atoms with Crippen LogP contribution in [0.4, 0.5) is 0 Å². The summed E-state index contributed by atoms with van der Waals surface area (Å²) in [5.74, 6) is 0. The normalized spacial score (nSPS) is 10.8. The zero-order chi connectivity index (χ0) is 11.0. The molecule has 0 spiro atoms. The molecule has 0 radical (unpaired) electrons. The van der Waals surface area contributed by atoms with Crippen LogP contribution in [0.15, 0.2) is 61.1 Å². The van der Waals surface area contributed by atoms with Crippen LogP contribution in [0.2, 0.25) is 0 Å². The second-order valence-corrected chi connectivity index (χ2v) is 3.92. The van der Waals surface area contributed by atoms with E-state index in [0.717, 1.165) is 0 Å². The molecule has 0 amide bonds. The molecule has 0 aliphatic rings. The molecule has 0 saturated heterocycles. The van der Waals surface area contributed by atoms with E-state index in [1.807, 2.05) is 6.07 Å². The zero-order valence-corrected chi connectivity index (χ0v) is 9.17. The molecule has 2 heteroatoms. The molecule has 3 heterocycles. The predicted molar refractivity (Wildman–Crippen MR) is 64.0 cm³/mol. The fourth-order valence-corrected chi connectivity index (χ4v) is 2.09. The highest BCUT2D eigenvalue weighted by atomic mass is 14.9. The van der Waals surface area contributed by atoms with Crippen molar-refractivity contribution in [2.75, 3.05) is 0 Å². The van der Waals surface area contributed by atoms with Crippen LogP contribution in [0.1, 0.15) is 0 Å². The van der Waals surface area contributed by atoms with E-state index in [4.69, 9.17) is 0 Å². The minimum absolute atomic E-state index is 1.23. The number of hydrogen-bond acceptors (Lipinski definition) is 0. The van der Waals surface area contributed by atoms with Crippen molar-refractivity contribution in [3.63, 3.8) is 0 Å². The molecule has 3 aromatic heterocycles. The summed E-state index contributed by atoms with van der Waals surface area (Å²) in [7, 11) is 2.07. The molecule has 3 rings (SSSR count). The summed E-state index contributed by atoms with van der Waals surface area (Å²) in [5, 5.41) is 0. The van der Waals surface area contributed by atoms with Gasteiger partial charge < -0.3 is 4.57 Å². The lowest BCUT2D eigenvalue weighted by molar-refractivity contribution is -0.511. The summed E-state index contributed by atoms with van der Waals surface area (Å²) in [6.45, 7) is 0. The summed E-state index contributed by atoms with van der Waals surface area (Å²) < 4.78 is 4.28. The summed E-state index contributed by atoms with van der Waals surface area (Å²) in [6.07, 6.45) is 6.21. The molecule has 0 aliphatic carbocycles. The molecule has 78 valence electrons. The highest BCUT2D eigenvalue weighted by Gasteiger charge is 2.10. The summed E-state index contributed by atoms with van der Waals surface area (Å²) in [5.41, 5.74) is 3.73. The molecule has 0 saturated carbocycles. The van der Waals surface area contributed by atoms with Gasteiger partial charge in [0, 0.05) is 31.4 Å². The number of fused-ring (bicyclic) bond motifs is 1. The Morgan fingerprint density at radius 3 is 2.62 bits per heavy atom. The Morgan fingerprint density at radius 2 is 1.81 bits per heavy atom. The minimum atomic E-state index is 1.23. The SMILES string of the molecule is Cn1cccc1-c1ccc[n+]2ccccc12. The van der Waals surface area contributed by atoms with Gasteiger partial charge in [0.05, 0.1) is 11.3 Å². The van der Waals surface area contributed by atoms with Gasteiger partial charge in [-0.25, -0.2) is 0 Å². The molecule has 3 aromatic rings. The van der Waals surface area contributed by atoms with Crippen molar-refractivity contribution in [3.05, 3.63) is 61.1 Å². The maximum atomic E-state index is 2.16. The van der Waals surface area contributed by atoms with E-state index in [2.05, 4.69) is 71.0 Å². The van der Waals surface area contributed by atoms with E-state index in [0.29, 0.717) is 0 Å². The van der Waals surface area contributed by atoms with Gasteiger partial charge >= 0.3 is 0 Å². The van der Waals surface area contributed by atoms with E-state index in [9.17, 15) is 0 Å². The zero-order valence-electron chi connectivity index (χ0n) is 9.17. The third kappa shape index (κ3) is 1.31. The van der Waals surface area contributed by atoms with Crippen LogP contribution in [0.3, 0.4) is 0 Å². The minimum Gasteiger partial charge on any atom is -0.350 e. The lowest BCUT2D eigenvalue weighted by Gasteiger charge is -2.03. The van der Waals surface area contributed by atoms with Crippen molar-refractivity contribution in [1.82, 2.24) is 4.57 Å². The van der Waals surface area contributed by atoms with Crippen molar-refractivity contribution in [3.8, 4) is 11.3 Å². The first-order chi connectivity index (χ1) is 7.86. The van der Waals surface area contributed by atoms with Crippen LogP contribution in [0.5, 0.6) is 0 Å². The van der Waals surface area contributed by atoms with E-state index in [1.54, 1.807) is 0 Å². The Bertz CT molecular complexity index is 633. The number of rotatable bonds is 1. The van der Waals surface area contributed by atoms with Crippen molar-refractivity contribution in [2.45, 2.75) is 0 Å². The maximum absolute atomic E-state index is 2.16. The van der Waals surface area contributed by atoms with Crippen molar-refractivity contribution in [1.29, 1.82) is 0 Å². The van der Waals surface area contributed by atoms with Crippen LogP contribution < -0.4 is 4.40 Å². The van der Waals surface area contributed by atoms with Crippen LogP contribution in [-0.2, 0) is 7.05 Å². The molecule has 2 nitrogen and oxygen atoms in total. The molecular weight excluding hydrogens is 196 g/mol. The summed E-state index contributed by atoms with van der Waals surface area (Å²) in [4.78, 5) is 0. The molecule has 0 bridgehead atoms. The molecule has 0 fully saturated rings. The lowest BCUT2D eigenvalue weighted by Crippen LogP contribution is -2.20. The number of hydrogen-bond donors (Lipinski definition) is 0. The third-order valence-electron chi connectivity index (χ3n) is 2.90. The predicted octanol–water partition coefficient (Wildman–Crippen LogP) is 2.43. The number of aryl methyl sites for hydroxylation is 1. The van der Waals surface area contributed by atoms with E-state index >= 15 is 0 Å². The number of aromatic nitrogens is 2. The Morgan fingerprint density at radius 1 is 0.938 bits per heavy atom. The van der Waals surface area contributed by atoms with Crippen molar-refractivity contribution < 1.29 is 4.40 Å². The van der Waals surface area contributed by atoms with Gasteiger partial charge in [-0.05, 0) is 24.3 Å². The average Bonchev–Trinajstić information content (AvgIpc) is 2.75. The van der Waals surface area contributed by atoms with Gasteiger partial charge in [-0.3, -0.25) is 0 Å². The van der Waals surface area contributed by atoms with Gasteiger partial charge in [-0.2, -0.15) is 4.40 Å². The monoisotopic (exact) mass is 209 g/mol. The standard InChI is InChI=1S/C14H13N2/c1-15-9-5-8-13(15)12-6-4-11-16-10-3-2-7-14(12)16/h2-11H,1H3/q+1. The molecule has 0 aromatic carbocycles.